The zero-order valence-electron chi connectivity index (χ0n) is 13.6. The van der Waals surface area contributed by atoms with Crippen LogP contribution in [0.1, 0.15) is 15.8 Å². The summed E-state index contributed by atoms with van der Waals surface area (Å²) in [5.74, 6) is -0.945. The Bertz CT molecular complexity index is 857. The second-order valence-electron chi connectivity index (χ2n) is 3.54. The molecule has 0 spiro atoms. The molecular weight excluding hydrogens is 264 g/mol. The summed E-state index contributed by atoms with van der Waals surface area (Å²) < 4.78 is 56.8. The van der Waals surface area contributed by atoms with Crippen molar-refractivity contribution in [3.8, 4) is 0 Å². The third-order valence-electron chi connectivity index (χ3n) is 2.15. The molecule has 5 nitrogen and oxygen atoms in total. The second kappa shape index (κ2) is 5.11. The van der Waals surface area contributed by atoms with Crippen molar-refractivity contribution in [1.29, 1.82) is 0 Å². The maximum atomic E-state index is 12.3. The lowest BCUT2D eigenvalue weighted by Crippen LogP contribution is -2.30. The van der Waals surface area contributed by atoms with Crippen molar-refractivity contribution in [3.05, 3.63) is 60.1 Å². The van der Waals surface area contributed by atoms with Crippen molar-refractivity contribution >= 4 is 21.6 Å². The molecule has 0 atom stereocenters. The van der Waals surface area contributed by atoms with Crippen LogP contribution in [-0.2, 0) is 10.0 Å². The van der Waals surface area contributed by atoms with Gasteiger partial charge in [0.05, 0.1) is 10.4 Å². The summed E-state index contributed by atoms with van der Waals surface area (Å²) in [4.78, 5) is 11.0. The van der Waals surface area contributed by atoms with Gasteiger partial charge in [-0.25, -0.2) is 13.1 Å². The van der Waals surface area contributed by atoms with Gasteiger partial charge in [0.25, 0.3) is 15.9 Å². The highest BCUT2D eigenvalue weighted by atomic mass is 32.2. The van der Waals surface area contributed by atoms with Crippen LogP contribution in [0.25, 0.3) is 0 Å². The first kappa shape index (κ1) is 8.71. The summed E-state index contributed by atoms with van der Waals surface area (Å²) in [5, 5.41) is 0. The van der Waals surface area contributed by atoms with Crippen molar-refractivity contribution in [2.75, 3.05) is 5.73 Å². The lowest BCUT2D eigenvalue weighted by molar-refractivity contribution is 0.0981. The van der Waals surface area contributed by atoms with E-state index < -0.39 is 50.7 Å². The first-order valence-corrected chi connectivity index (χ1v) is 6.63. The van der Waals surface area contributed by atoms with Gasteiger partial charge in [0.1, 0.15) is 0 Å². The number of sulfonamides is 1. The Morgan fingerprint density at radius 2 is 1.68 bits per heavy atom. The Hall–Kier alpha value is -2.34. The van der Waals surface area contributed by atoms with E-state index in [1.165, 1.54) is 12.1 Å². The van der Waals surface area contributed by atoms with E-state index in [-0.39, 0.29) is 5.56 Å². The summed E-state index contributed by atoms with van der Waals surface area (Å²) in [6, 6.07) is 4.48. The molecule has 0 unspecified atom stereocenters. The van der Waals surface area contributed by atoms with Crippen molar-refractivity contribution < 1.29 is 18.7 Å². The van der Waals surface area contributed by atoms with Gasteiger partial charge >= 0.3 is 0 Å². The Kier molecular flexibility index (Phi) is 2.34. The predicted octanol–water partition coefficient (Wildman–Crippen LogP) is 1.39. The SMILES string of the molecule is [2H]c1c([2H])c(S(=O)(=O)NC(=O)c2ccccc2)c([2H])c([2H])c1N. The fourth-order valence-electron chi connectivity index (χ4n) is 1.27. The molecule has 0 heterocycles. The zero-order chi connectivity index (χ0) is 17.4. The normalized spacial score (nSPS) is 13.9. The molecule has 98 valence electrons. The lowest BCUT2D eigenvalue weighted by Gasteiger charge is -2.07. The van der Waals surface area contributed by atoms with E-state index in [1.54, 1.807) is 22.9 Å². The van der Waals surface area contributed by atoms with E-state index in [2.05, 4.69) is 0 Å². The molecule has 2 rings (SSSR count). The van der Waals surface area contributed by atoms with Crippen LogP contribution in [-0.4, -0.2) is 14.3 Å². The van der Waals surface area contributed by atoms with Gasteiger partial charge in [0.15, 0.2) is 0 Å². The van der Waals surface area contributed by atoms with Gasteiger partial charge in [-0.3, -0.25) is 4.79 Å². The van der Waals surface area contributed by atoms with E-state index in [9.17, 15) is 13.2 Å². The number of nitrogens with one attached hydrogen (secondary N) is 1. The van der Waals surface area contributed by atoms with E-state index in [0.29, 0.717) is 0 Å². The number of benzene rings is 2. The molecule has 0 bridgehead atoms. The smallest absolute Gasteiger partial charge is 0.264 e. The molecule has 1 amide bonds. The molecule has 2 aromatic carbocycles. The van der Waals surface area contributed by atoms with Crippen molar-refractivity contribution in [3.63, 3.8) is 0 Å². The minimum atomic E-state index is -4.60. The highest BCUT2D eigenvalue weighted by Gasteiger charge is 2.18. The Balaban J connectivity index is 2.52. The molecule has 0 saturated carbocycles. The molecule has 0 aromatic heterocycles. The Morgan fingerprint density at radius 3 is 2.26 bits per heavy atom. The summed E-state index contributed by atoms with van der Waals surface area (Å²) in [6.07, 6.45) is 0. The molecule has 0 aliphatic carbocycles. The largest absolute Gasteiger partial charge is 0.399 e. The third kappa shape index (κ3) is 3.11. The van der Waals surface area contributed by atoms with Crippen LogP contribution < -0.4 is 10.5 Å². The zero-order valence-corrected chi connectivity index (χ0v) is 10.4. The van der Waals surface area contributed by atoms with Gasteiger partial charge in [-0.15, -0.1) is 0 Å². The quantitative estimate of drug-likeness (QED) is 0.831. The number of anilines is 1. The van der Waals surface area contributed by atoms with Gasteiger partial charge in [-0.05, 0) is 36.3 Å². The summed E-state index contributed by atoms with van der Waals surface area (Å²) >= 11 is 0. The summed E-state index contributed by atoms with van der Waals surface area (Å²) in [5.41, 5.74) is 5.00. The van der Waals surface area contributed by atoms with Crippen LogP contribution >= 0.6 is 0 Å². The van der Waals surface area contributed by atoms with Gasteiger partial charge in [0, 0.05) is 11.3 Å². The first-order chi connectivity index (χ1) is 10.7. The fraction of sp³-hybridized carbons (Fsp3) is 0. The van der Waals surface area contributed by atoms with E-state index in [1.807, 2.05) is 0 Å². The number of nitrogens with two attached hydrogens (primary N) is 1. The van der Waals surface area contributed by atoms with Crippen LogP contribution in [0, 0.1) is 0 Å². The van der Waals surface area contributed by atoms with Gasteiger partial charge in [-0.1, -0.05) is 18.2 Å². The molecule has 0 fully saturated rings. The number of amides is 1. The second-order valence-corrected chi connectivity index (χ2v) is 5.16. The van der Waals surface area contributed by atoms with Gasteiger partial charge in [-0.2, -0.15) is 0 Å². The molecule has 3 N–H and O–H groups in total. The van der Waals surface area contributed by atoms with Crippen LogP contribution in [0.4, 0.5) is 5.69 Å². The topological polar surface area (TPSA) is 89.3 Å². The van der Waals surface area contributed by atoms with E-state index in [4.69, 9.17) is 11.2 Å². The summed E-state index contributed by atoms with van der Waals surface area (Å²) in [7, 11) is -4.60. The minimum Gasteiger partial charge on any atom is -0.399 e. The monoisotopic (exact) mass is 280 g/mol. The van der Waals surface area contributed by atoms with E-state index in [0.717, 1.165) is 0 Å². The van der Waals surface area contributed by atoms with Crippen molar-refractivity contribution in [2.24, 2.45) is 0 Å². The molecule has 6 heteroatoms. The summed E-state index contributed by atoms with van der Waals surface area (Å²) in [6.45, 7) is 0. The first-order valence-electron chi connectivity index (χ1n) is 7.15. The fourth-order valence-corrected chi connectivity index (χ4v) is 2.10. The molecule has 0 aliphatic rings. The third-order valence-corrected chi connectivity index (χ3v) is 3.35. The maximum Gasteiger partial charge on any atom is 0.264 e. The number of hydrogen-bond acceptors (Lipinski definition) is 4. The molecule has 0 aliphatic heterocycles. The number of carbonyl (C=O) groups is 1. The van der Waals surface area contributed by atoms with Crippen LogP contribution in [0.5, 0.6) is 0 Å². The van der Waals surface area contributed by atoms with Crippen molar-refractivity contribution in [2.45, 2.75) is 4.90 Å². The number of nitrogen functional groups attached to an aromatic ring is 1. The molecule has 2 aromatic rings. The number of hydrogen-bond donors (Lipinski definition) is 2. The Labute approximate surface area is 116 Å². The molecule has 0 radical (unpaired) electrons. The van der Waals surface area contributed by atoms with Gasteiger partial charge < -0.3 is 5.73 Å². The maximum absolute atomic E-state index is 12.3. The highest BCUT2D eigenvalue weighted by Crippen LogP contribution is 2.12. The van der Waals surface area contributed by atoms with Crippen LogP contribution in [0.15, 0.2) is 59.4 Å². The lowest BCUT2D eigenvalue weighted by atomic mass is 10.2. The number of carbonyl (C=O) groups excluding carboxylic acids is 1. The average Bonchev–Trinajstić information content (AvgIpc) is 2.51. The predicted molar refractivity (Wildman–Crippen MR) is 71.9 cm³/mol. The van der Waals surface area contributed by atoms with E-state index >= 15 is 0 Å². The van der Waals surface area contributed by atoms with Crippen LogP contribution in [0.2, 0.25) is 0 Å². The van der Waals surface area contributed by atoms with Gasteiger partial charge in [0.2, 0.25) is 0 Å². The molecule has 0 saturated heterocycles. The Morgan fingerprint density at radius 1 is 1.11 bits per heavy atom. The highest BCUT2D eigenvalue weighted by molar-refractivity contribution is 7.90. The van der Waals surface area contributed by atoms with Crippen LogP contribution in [0.3, 0.4) is 0 Å². The minimum absolute atomic E-state index is 0.0711. The standard InChI is InChI=1S/C13H12N2O3S/c14-11-6-8-12(9-7-11)19(17,18)15-13(16)10-4-2-1-3-5-10/h1-9H,14H2,(H,15,16)/i6D,7D,8D,9D. The molecular formula is C13H12N2O3S. The molecule has 19 heavy (non-hydrogen) atoms. The average molecular weight is 280 g/mol. The van der Waals surface area contributed by atoms with Crippen molar-refractivity contribution in [1.82, 2.24) is 4.72 Å². The number of rotatable bonds is 3.